The maximum Gasteiger partial charge on any atom is 0.120 e. The fraction of sp³-hybridized carbons (Fsp3) is 0.600. The lowest BCUT2D eigenvalue weighted by atomic mass is 10.0. The van der Waals surface area contributed by atoms with Gasteiger partial charge in [0, 0.05) is 0 Å². The van der Waals surface area contributed by atoms with Crippen LogP contribution in [0.1, 0.15) is 32.1 Å². The molecule has 12 heavy (non-hydrogen) atoms. The van der Waals surface area contributed by atoms with E-state index in [4.69, 9.17) is 4.42 Å². The monoisotopic (exact) mass is 167 g/mol. The van der Waals surface area contributed by atoms with Crippen LogP contribution in [0.15, 0.2) is 22.8 Å². The van der Waals surface area contributed by atoms with E-state index in [1.807, 2.05) is 19.2 Å². The smallest absolute Gasteiger partial charge is 0.120 e. The predicted molar refractivity (Wildman–Crippen MR) is 50.0 cm³/mol. The van der Waals surface area contributed by atoms with Gasteiger partial charge >= 0.3 is 0 Å². The van der Waals surface area contributed by atoms with Gasteiger partial charge in [0.05, 0.1) is 12.3 Å². The highest BCUT2D eigenvalue weighted by atomic mass is 16.3. The van der Waals surface area contributed by atoms with Crippen molar-refractivity contribution in [3.63, 3.8) is 0 Å². The van der Waals surface area contributed by atoms with Gasteiger partial charge in [0.25, 0.3) is 0 Å². The van der Waals surface area contributed by atoms with Crippen molar-refractivity contribution in [1.82, 2.24) is 5.32 Å². The molecule has 0 saturated heterocycles. The second-order valence-electron chi connectivity index (χ2n) is 3.49. The lowest BCUT2D eigenvalue weighted by molar-refractivity contribution is 0.378. The molecule has 2 heteroatoms. The fourth-order valence-electron chi connectivity index (χ4n) is 1.34. The van der Waals surface area contributed by atoms with Crippen LogP contribution in [0.4, 0.5) is 0 Å². The highest BCUT2D eigenvalue weighted by Gasteiger charge is 2.12. The molecular formula is C10H17NO. The van der Waals surface area contributed by atoms with Gasteiger partial charge < -0.3 is 9.73 Å². The Balaban J connectivity index is 2.57. The maximum absolute atomic E-state index is 5.32. The molecule has 0 radical (unpaired) electrons. The Morgan fingerprint density at radius 1 is 1.50 bits per heavy atom. The first-order valence-electron chi connectivity index (χ1n) is 4.44. The molecule has 0 aliphatic carbocycles. The van der Waals surface area contributed by atoms with Crippen LogP contribution in [0, 0.1) is 5.92 Å². The lowest BCUT2D eigenvalue weighted by Crippen LogP contribution is -2.17. The Labute approximate surface area is 74.0 Å². The number of furan rings is 1. The molecule has 1 unspecified atom stereocenters. The van der Waals surface area contributed by atoms with Crippen LogP contribution >= 0.6 is 0 Å². The highest BCUT2D eigenvalue weighted by Crippen LogP contribution is 2.20. The van der Waals surface area contributed by atoms with Crippen molar-refractivity contribution in [3.8, 4) is 0 Å². The third-order valence-electron chi connectivity index (χ3n) is 1.94. The summed E-state index contributed by atoms with van der Waals surface area (Å²) < 4.78 is 5.32. The molecule has 0 amide bonds. The molecule has 0 aliphatic heterocycles. The summed E-state index contributed by atoms with van der Waals surface area (Å²) in [5.74, 6) is 1.72. The molecule has 1 N–H and O–H groups in total. The summed E-state index contributed by atoms with van der Waals surface area (Å²) >= 11 is 0. The zero-order chi connectivity index (χ0) is 8.97. The van der Waals surface area contributed by atoms with Gasteiger partial charge in [-0.3, -0.25) is 0 Å². The number of nitrogens with one attached hydrogen (secondary N) is 1. The van der Waals surface area contributed by atoms with E-state index in [9.17, 15) is 0 Å². The largest absolute Gasteiger partial charge is 0.468 e. The number of hydrogen-bond donors (Lipinski definition) is 1. The van der Waals surface area contributed by atoms with E-state index in [-0.39, 0.29) is 0 Å². The maximum atomic E-state index is 5.32. The van der Waals surface area contributed by atoms with Gasteiger partial charge in [-0.25, -0.2) is 0 Å². The molecular weight excluding hydrogens is 150 g/mol. The average molecular weight is 167 g/mol. The van der Waals surface area contributed by atoms with E-state index in [1.165, 1.54) is 0 Å². The van der Waals surface area contributed by atoms with Crippen molar-refractivity contribution in [3.05, 3.63) is 24.2 Å². The molecule has 1 aromatic heterocycles. The van der Waals surface area contributed by atoms with Crippen molar-refractivity contribution >= 4 is 0 Å². The quantitative estimate of drug-likeness (QED) is 0.745. The molecule has 0 aliphatic rings. The molecule has 0 spiro atoms. The minimum absolute atomic E-state index is 0.361. The van der Waals surface area contributed by atoms with Crippen LogP contribution in [0.5, 0.6) is 0 Å². The molecule has 1 aromatic rings. The van der Waals surface area contributed by atoms with Crippen LogP contribution in [0.25, 0.3) is 0 Å². The van der Waals surface area contributed by atoms with Gasteiger partial charge in [0.2, 0.25) is 0 Å². The minimum atomic E-state index is 0.361. The first kappa shape index (κ1) is 9.33. The Kier molecular flexibility index (Phi) is 3.35. The lowest BCUT2D eigenvalue weighted by Gasteiger charge is -2.15. The Morgan fingerprint density at radius 3 is 2.67 bits per heavy atom. The van der Waals surface area contributed by atoms with Crippen molar-refractivity contribution in [2.45, 2.75) is 26.3 Å². The van der Waals surface area contributed by atoms with Crippen molar-refractivity contribution < 1.29 is 4.42 Å². The van der Waals surface area contributed by atoms with E-state index in [1.54, 1.807) is 6.26 Å². The molecule has 0 bridgehead atoms. The van der Waals surface area contributed by atoms with Crippen molar-refractivity contribution in [2.24, 2.45) is 5.92 Å². The zero-order valence-corrected chi connectivity index (χ0v) is 8.00. The predicted octanol–water partition coefficient (Wildman–Crippen LogP) is 2.59. The van der Waals surface area contributed by atoms with Gasteiger partial charge in [0.15, 0.2) is 0 Å². The van der Waals surface area contributed by atoms with Crippen LogP contribution < -0.4 is 5.32 Å². The number of hydrogen-bond acceptors (Lipinski definition) is 2. The summed E-state index contributed by atoms with van der Waals surface area (Å²) in [6.45, 7) is 4.43. The van der Waals surface area contributed by atoms with E-state index >= 15 is 0 Å². The molecule has 0 aromatic carbocycles. The van der Waals surface area contributed by atoms with E-state index < -0.39 is 0 Å². The third kappa shape index (κ3) is 2.38. The summed E-state index contributed by atoms with van der Waals surface area (Å²) in [6, 6.07) is 4.31. The van der Waals surface area contributed by atoms with Gasteiger partial charge in [-0.1, -0.05) is 13.8 Å². The molecule has 68 valence electrons. The normalized spacial score (nSPS) is 13.7. The SMILES string of the molecule is CNC(CC(C)C)c1ccco1. The van der Waals surface area contributed by atoms with Crippen LogP contribution in [0.2, 0.25) is 0 Å². The topological polar surface area (TPSA) is 25.2 Å². The van der Waals surface area contributed by atoms with E-state index in [0.717, 1.165) is 12.2 Å². The molecule has 1 atom stereocenters. The fourth-order valence-corrected chi connectivity index (χ4v) is 1.34. The van der Waals surface area contributed by atoms with Gasteiger partial charge in [-0.15, -0.1) is 0 Å². The first-order valence-corrected chi connectivity index (χ1v) is 4.44. The summed E-state index contributed by atoms with van der Waals surface area (Å²) in [5.41, 5.74) is 0. The molecule has 1 heterocycles. The summed E-state index contributed by atoms with van der Waals surface area (Å²) in [7, 11) is 1.97. The van der Waals surface area contributed by atoms with Crippen molar-refractivity contribution in [1.29, 1.82) is 0 Å². The molecule has 2 nitrogen and oxygen atoms in total. The van der Waals surface area contributed by atoms with E-state index in [2.05, 4.69) is 19.2 Å². The van der Waals surface area contributed by atoms with Gasteiger partial charge in [-0.2, -0.15) is 0 Å². The average Bonchev–Trinajstić information content (AvgIpc) is 2.51. The van der Waals surface area contributed by atoms with Gasteiger partial charge in [-0.05, 0) is 31.5 Å². The Morgan fingerprint density at radius 2 is 2.25 bits per heavy atom. The summed E-state index contributed by atoms with van der Waals surface area (Å²) in [4.78, 5) is 0. The highest BCUT2D eigenvalue weighted by molar-refractivity contribution is 5.04. The Bertz CT molecular complexity index is 204. The molecule has 0 saturated carbocycles. The second-order valence-corrected chi connectivity index (χ2v) is 3.49. The minimum Gasteiger partial charge on any atom is -0.468 e. The second kappa shape index (κ2) is 4.31. The van der Waals surface area contributed by atoms with Crippen LogP contribution in [-0.4, -0.2) is 7.05 Å². The summed E-state index contributed by atoms with van der Waals surface area (Å²) in [6.07, 6.45) is 2.84. The summed E-state index contributed by atoms with van der Waals surface area (Å²) in [5, 5.41) is 3.24. The van der Waals surface area contributed by atoms with E-state index in [0.29, 0.717) is 12.0 Å². The first-order chi connectivity index (χ1) is 5.74. The molecule has 1 rings (SSSR count). The van der Waals surface area contributed by atoms with Crippen LogP contribution in [0.3, 0.4) is 0 Å². The van der Waals surface area contributed by atoms with Gasteiger partial charge in [0.1, 0.15) is 5.76 Å². The third-order valence-corrected chi connectivity index (χ3v) is 1.94. The molecule has 0 fully saturated rings. The van der Waals surface area contributed by atoms with Crippen LogP contribution in [-0.2, 0) is 0 Å². The zero-order valence-electron chi connectivity index (χ0n) is 8.00. The van der Waals surface area contributed by atoms with Crippen molar-refractivity contribution in [2.75, 3.05) is 7.05 Å². The number of rotatable bonds is 4. The standard InChI is InChI=1S/C10H17NO/c1-8(2)7-9(11-3)10-5-4-6-12-10/h4-6,8-9,11H,7H2,1-3H3. The Hall–Kier alpha value is -0.760.